The molecular weight excluding hydrogens is 232 g/mol. The second-order valence-corrected chi connectivity index (χ2v) is 4.07. The third kappa shape index (κ3) is 3.72. The van der Waals surface area contributed by atoms with E-state index in [0.717, 1.165) is 5.56 Å². The van der Waals surface area contributed by atoms with E-state index in [0.29, 0.717) is 31.8 Å². The van der Waals surface area contributed by atoms with Crippen molar-refractivity contribution in [3.8, 4) is 5.75 Å². The van der Waals surface area contributed by atoms with Crippen molar-refractivity contribution in [2.45, 2.75) is 6.92 Å². The monoisotopic (exact) mass is 252 g/mol. The molecular formula is C13H20N2O3. The highest BCUT2D eigenvalue weighted by Crippen LogP contribution is 2.17. The van der Waals surface area contributed by atoms with Gasteiger partial charge in [-0.15, -0.1) is 0 Å². The molecule has 0 saturated carbocycles. The number of carbonyl (C=O) groups is 1. The van der Waals surface area contributed by atoms with Crippen LogP contribution in [0.4, 0.5) is 0 Å². The summed E-state index contributed by atoms with van der Waals surface area (Å²) in [5.41, 5.74) is 6.83. The van der Waals surface area contributed by atoms with Gasteiger partial charge >= 0.3 is 0 Å². The van der Waals surface area contributed by atoms with Crippen molar-refractivity contribution in [2.75, 3.05) is 33.4 Å². The number of rotatable bonds is 6. The Morgan fingerprint density at radius 3 is 2.72 bits per heavy atom. The lowest BCUT2D eigenvalue weighted by Gasteiger charge is -2.22. The SMILES string of the molecule is COCCN(CCN)C(=O)c1ccc(O)cc1C. The Balaban J connectivity index is 2.87. The van der Waals surface area contributed by atoms with Crippen LogP contribution in [0.3, 0.4) is 0 Å². The molecule has 0 aliphatic rings. The molecule has 3 N–H and O–H groups in total. The lowest BCUT2D eigenvalue weighted by Crippen LogP contribution is -2.38. The fraction of sp³-hybridized carbons (Fsp3) is 0.462. The zero-order valence-electron chi connectivity index (χ0n) is 10.8. The van der Waals surface area contributed by atoms with Crippen LogP contribution in [0.25, 0.3) is 0 Å². The van der Waals surface area contributed by atoms with Gasteiger partial charge in [-0.2, -0.15) is 0 Å². The summed E-state index contributed by atoms with van der Waals surface area (Å²) in [6.07, 6.45) is 0. The summed E-state index contributed by atoms with van der Waals surface area (Å²) in [4.78, 5) is 14.0. The number of carbonyl (C=O) groups excluding carboxylic acids is 1. The molecule has 0 radical (unpaired) electrons. The van der Waals surface area contributed by atoms with E-state index in [9.17, 15) is 9.90 Å². The van der Waals surface area contributed by atoms with Crippen LogP contribution in [0.5, 0.6) is 5.75 Å². The number of nitrogens with zero attached hydrogens (tertiary/aromatic N) is 1. The maximum absolute atomic E-state index is 12.3. The van der Waals surface area contributed by atoms with Gasteiger partial charge in [0.15, 0.2) is 0 Å². The molecule has 1 amide bonds. The molecule has 5 heteroatoms. The van der Waals surface area contributed by atoms with E-state index in [1.807, 2.05) is 0 Å². The largest absolute Gasteiger partial charge is 0.508 e. The molecule has 0 bridgehead atoms. The average Bonchev–Trinajstić information content (AvgIpc) is 2.33. The van der Waals surface area contributed by atoms with E-state index < -0.39 is 0 Å². The third-order valence-corrected chi connectivity index (χ3v) is 2.69. The summed E-state index contributed by atoms with van der Waals surface area (Å²) in [7, 11) is 1.59. The van der Waals surface area contributed by atoms with Crippen molar-refractivity contribution < 1.29 is 14.6 Å². The highest BCUT2D eigenvalue weighted by atomic mass is 16.5. The minimum Gasteiger partial charge on any atom is -0.508 e. The Bertz CT molecular complexity index is 407. The van der Waals surface area contributed by atoms with Crippen LogP contribution in [0.2, 0.25) is 0 Å². The van der Waals surface area contributed by atoms with E-state index in [2.05, 4.69) is 0 Å². The van der Waals surface area contributed by atoms with E-state index in [-0.39, 0.29) is 11.7 Å². The predicted molar refractivity (Wildman–Crippen MR) is 69.7 cm³/mol. The van der Waals surface area contributed by atoms with Crippen molar-refractivity contribution in [3.63, 3.8) is 0 Å². The lowest BCUT2D eigenvalue weighted by molar-refractivity contribution is 0.0701. The fourth-order valence-corrected chi connectivity index (χ4v) is 1.73. The molecule has 1 aromatic rings. The van der Waals surface area contributed by atoms with E-state index >= 15 is 0 Å². The van der Waals surface area contributed by atoms with Crippen molar-refractivity contribution in [3.05, 3.63) is 29.3 Å². The first-order valence-electron chi connectivity index (χ1n) is 5.88. The molecule has 1 aromatic carbocycles. The number of aryl methyl sites for hydroxylation is 1. The number of nitrogens with two attached hydrogens (primary N) is 1. The van der Waals surface area contributed by atoms with Gasteiger partial charge in [-0.1, -0.05) is 0 Å². The Morgan fingerprint density at radius 1 is 1.44 bits per heavy atom. The zero-order chi connectivity index (χ0) is 13.5. The third-order valence-electron chi connectivity index (χ3n) is 2.69. The van der Waals surface area contributed by atoms with Crippen LogP contribution in [-0.2, 0) is 4.74 Å². The summed E-state index contributed by atoms with van der Waals surface area (Å²) in [5.74, 6) is 0.0707. The van der Waals surface area contributed by atoms with E-state index in [1.165, 1.54) is 6.07 Å². The second-order valence-electron chi connectivity index (χ2n) is 4.07. The van der Waals surface area contributed by atoms with E-state index in [1.54, 1.807) is 31.1 Å². The number of benzene rings is 1. The van der Waals surface area contributed by atoms with Gasteiger partial charge in [0.1, 0.15) is 5.75 Å². The number of aromatic hydroxyl groups is 1. The van der Waals surface area contributed by atoms with Gasteiger partial charge in [0.25, 0.3) is 5.91 Å². The quantitative estimate of drug-likeness (QED) is 0.783. The maximum Gasteiger partial charge on any atom is 0.254 e. The molecule has 18 heavy (non-hydrogen) atoms. The van der Waals surface area contributed by atoms with Crippen molar-refractivity contribution >= 4 is 5.91 Å². The van der Waals surface area contributed by atoms with Gasteiger partial charge in [0.05, 0.1) is 6.61 Å². The van der Waals surface area contributed by atoms with Crippen molar-refractivity contribution in [2.24, 2.45) is 5.73 Å². The summed E-state index contributed by atoms with van der Waals surface area (Å²) in [6.45, 7) is 3.68. The fourth-order valence-electron chi connectivity index (χ4n) is 1.73. The topological polar surface area (TPSA) is 75.8 Å². The standard InChI is InChI=1S/C13H20N2O3/c1-10-9-11(16)3-4-12(10)13(17)15(6-5-14)7-8-18-2/h3-4,9,16H,5-8,14H2,1-2H3. The molecule has 0 unspecified atom stereocenters. The highest BCUT2D eigenvalue weighted by Gasteiger charge is 2.16. The Labute approximate surface area is 107 Å². The van der Waals surface area contributed by atoms with Crippen molar-refractivity contribution in [1.29, 1.82) is 0 Å². The first-order valence-corrected chi connectivity index (χ1v) is 5.88. The summed E-state index contributed by atoms with van der Waals surface area (Å²) in [5, 5.41) is 9.34. The molecule has 1 rings (SSSR count). The molecule has 100 valence electrons. The number of ether oxygens (including phenoxy) is 1. The van der Waals surface area contributed by atoms with Gasteiger partial charge in [-0.05, 0) is 30.7 Å². The van der Waals surface area contributed by atoms with Crippen LogP contribution in [0.1, 0.15) is 15.9 Å². The number of methoxy groups -OCH3 is 1. The normalized spacial score (nSPS) is 10.4. The summed E-state index contributed by atoms with van der Waals surface area (Å²) < 4.78 is 4.98. The van der Waals surface area contributed by atoms with Crippen LogP contribution < -0.4 is 5.73 Å². The minimum atomic E-state index is -0.0880. The molecule has 0 atom stereocenters. The Hall–Kier alpha value is -1.59. The van der Waals surface area contributed by atoms with Crippen LogP contribution in [0, 0.1) is 6.92 Å². The van der Waals surface area contributed by atoms with Crippen molar-refractivity contribution in [1.82, 2.24) is 4.90 Å². The lowest BCUT2D eigenvalue weighted by atomic mass is 10.1. The van der Waals surface area contributed by atoms with Gasteiger partial charge in [-0.25, -0.2) is 0 Å². The number of phenols is 1. The van der Waals surface area contributed by atoms with Gasteiger partial charge in [-0.3, -0.25) is 4.79 Å². The van der Waals surface area contributed by atoms with Gasteiger partial charge < -0.3 is 20.5 Å². The minimum absolute atomic E-state index is 0.0880. The van der Waals surface area contributed by atoms with Crippen LogP contribution in [0.15, 0.2) is 18.2 Å². The first kappa shape index (κ1) is 14.5. The van der Waals surface area contributed by atoms with Gasteiger partial charge in [0.2, 0.25) is 0 Å². The van der Waals surface area contributed by atoms with Crippen LogP contribution >= 0.6 is 0 Å². The number of hydrogen-bond donors (Lipinski definition) is 2. The second kappa shape index (κ2) is 6.98. The predicted octanol–water partition coefficient (Wildman–Crippen LogP) is 0.748. The molecule has 0 aliphatic carbocycles. The van der Waals surface area contributed by atoms with E-state index in [4.69, 9.17) is 10.5 Å². The van der Waals surface area contributed by atoms with Gasteiger partial charge in [0, 0.05) is 32.3 Å². The number of hydrogen-bond acceptors (Lipinski definition) is 4. The number of phenolic OH excluding ortho intramolecular Hbond substituents is 1. The average molecular weight is 252 g/mol. The molecule has 0 heterocycles. The molecule has 0 aromatic heterocycles. The summed E-state index contributed by atoms with van der Waals surface area (Å²) in [6, 6.07) is 4.71. The number of amides is 1. The molecule has 0 spiro atoms. The molecule has 0 aliphatic heterocycles. The first-order chi connectivity index (χ1) is 8.60. The Kier molecular flexibility index (Phi) is 5.61. The molecule has 0 saturated heterocycles. The molecule has 0 fully saturated rings. The Morgan fingerprint density at radius 2 is 2.17 bits per heavy atom. The smallest absolute Gasteiger partial charge is 0.254 e. The maximum atomic E-state index is 12.3. The summed E-state index contributed by atoms with van der Waals surface area (Å²) >= 11 is 0. The zero-order valence-corrected chi connectivity index (χ0v) is 10.8. The van der Waals surface area contributed by atoms with Crippen LogP contribution in [-0.4, -0.2) is 49.3 Å². The highest BCUT2D eigenvalue weighted by molar-refractivity contribution is 5.95. The molecule has 5 nitrogen and oxygen atoms in total.